The average Bonchev–Trinajstić information content (AvgIpc) is 2.80. The van der Waals surface area contributed by atoms with Gasteiger partial charge < -0.3 is 30.3 Å². The van der Waals surface area contributed by atoms with Gasteiger partial charge in [0, 0.05) is 12.1 Å². The largest absolute Gasteiger partial charge is 0.504 e. The number of carbonyl (C=O) groups excluding carboxylic acids is 2. The number of alkyl carbamates (subject to hydrolysis) is 1. The van der Waals surface area contributed by atoms with Crippen LogP contribution in [0, 0.1) is 0 Å². The predicted molar refractivity (Wildman–Crippen MR) is 142 cm³/mol. The third-order valence-electron chi connectivity index (χ3n) is 6.16. The van der Waals surface area contributed by atoms with Crippen molar-refractivity contribution in [1.29, 1.82) is 0 Å². The van der Waals surface area contributed by atoms with Crippen LogP contribution in [-0.2, 0) is 16.0 Å². The number of phenolic OH excluding ortho intramolecular Hbond substituents is 1. The van der Waals surface area contributed by atoms with E-state index in [4.69, 9.17) is 9.47 Å². The van der Waals surface area contributed by atoms with Crippen molar-refractivity contribution in [3.8, 4) is 11.5 Å². The van der Waals surface area contributed by atoms with Gasteiger partial charge in [0.05, 0.1) is 12.5 Å². The molecule has 1 atom stereocenters. The maximum Gasteiger partial charge on any atom is 0.407 e. The number of aromatic hydroxyl groups is 1. The third-order valence-corrected chi connectivity index (χ3v) is 6.16. The lowest BCUT2D eigenvalue weighted by atomic mass is 9.90. The fourth-order valence-corrected chi connectivity index (χ4v) is 4.51. The minimum Gasteiger partial charge on any atom is -0.504 e. The van der Waals surface area contributed by atoms with Gasteiger partial charge in [-0.05, 0) is 89.1 Å². The van der Waals surface area contributed by atoms with E-state index >= 15 is 0 Å². The molecule has 3 rings (SSSR count). The van der Waals surface area contributed by atoms with Gasteiger partial charge in [-0.15, -0.1) is 0 Å². The number of hydrogen-bond donors (Lipinski definition) is 4. The first-order valence-corrected chi connectivity index (χ1v) is 13.0. The minimum atomic E-state index is -0.978. The summed E-state index contributed by atoms with van der Waals surface area (Å²) >= 11 is 0. The number of nitrogens with one attached hydrogen (secondary N) is 2. The summed E-state index contributed by atoms with van der Waals surface area (Å²) in [6, 6.07) is 12.3. The van der Waals surface area contributed by atoms with E-state index in [0.29, 0.717) is 16.7 Å². The molecular weight excluding hydrogens is 472 g/mol. The van der Waals surface area contributed by atoms with Crippen LogP contribution in [0.4, 0.5) is 4.79 Å². The molecule has 0 aromatic heterocycles. The SMILES string of the molecule is CC(C)Oc1cc(C(O)c2ccccc2)c(CC(=O)NC2CCC(NC(=O)OC(C)(C)C)CC2)cc1O. The van der Waals surface area contributed by atoms with Crippen LogP contribution in [0.1, 0.15) is 83.1 Å². The third kappa shape index (κ3) is 8.67. The van der Waals surface area contributed by atoms with Crippen LogP contribution in [0.3, 0.4) is 0 Å². The summed E-state index contributed by atoms with van der Waals surface area (Å²) in [5.74, 6) is -0.00354. The van der Waals surface area contributed by atoms with Crippen molar-refractivity contribution in [2.45, 2.75) is 96.6 Å². The molecule has 2 aromatic rings. The molecule has 8 nitrogen and oxygen atoms in total. The standard InChI is InChI=1S/C29H40N2O6/c1-18(2)36-25-17-23(27(34)19-9-7-6-8-10-19)20(15-24(25)32)16-26(33)30-21-11-13-22(14-12-21)31-28(35)37-29(3,4)5/h6-10,15,17-18,21-22,27,32,34H,11-14,16H2,1-5H3,(H,30,33)(H,31,35). The highest BCUT2D eigenvalue weighted by atomic mass is 16.6. The second-order valence-electron chi connectivity index (χ2n) is 10.9. The fourth-order valence-electron chi connectivity index (χ4n) is 4.51. The van der Waals surface area contributed by atoms with Crippen LogP contribution in [-0.4, -0.2) is 46.0 Å². The number of phenols is 1. The molecule has 202 valence electrons. The summed E-state index contributed by atoms with van der Waals surface area (Å²) in [5.41, 5.74) is 1.18. The number of benzene rings is 2. The molecular formula is C29H40N2O6. The van der Waals surface area contributed by atoms with Crippen molar-refractivity contribution >= 4 is 12.0 Å². The smallest absolute Gasteiger partial charge is 0.407 e. The van der Waals surface area contributed by atoms with Gasteiger partial charge >= 0.3 is 6.09 Å². The Morgan fingerprint density at radius 1 is 1.00 bits per heavy atom. The zero-order valence-electron chi connectivity index (χ0n) is 22.4. The first-order valence-electron chi connectivity index (χ1n) is 13.0. The highest BCUT2D eigenvalue weighted by Crippen LogP contribution is 2.36. The highest BCUT2D eigenvalue weighted by Gasteiger charge is 2.26. The molecule has 0 saturated heterocycles. The maximum atomic E-state index is 13.0. The lowest BCUT2D eigenvalue weighted by Crippen LogP contribution is -2.45. The number of aliphatic hydroxyl groups excluding tert-OH is 1. The van der Waals surface area contributed by atoms with Crippen molar-refractivity contribution < 1.29 is 29.3 Å². The number of hydrogen-bond acceptors (Lipinski definition) is 6. The number of amides is 2. The monoisotopic (exact) mass is 512 g/mol. The van der Waals surface area contributed by atoms with Crippen LogP contribution in [0.5, 0.6) is 11.5 Å². The Morgan fingerprint density at radius 3 is 2.16 bits per heavy atom. The Hall–Kier alpha value is -3.26. The molecule has 8 heteroatoms. The van der Waals surface area contributed by atoms with Crippen molar-refractivity contribution in [1.82, 2.24) is 10.6 Å². The molecule has 0 heterocycles. The zero-order valence-corrected chi connectivity index (χ0v) is 22.4. The Kier molecular flexibility index (Phi) is 9.43. The average molecular weight is 513 g/mol. The van der Waals surface area contributed by atoms with E-state index in [2.05, 4.69) is 10.6 Å². The maximum absolute atomic E-state index is 13.0. The summed E-state index contributed by atoms with van der Waals surface area (Å²) in [6.45, 7) is 9.19. The topological polar surface area (TPSA) is 117 Å². The molecule has 0 spiro atoms. The van der Waals surface area contributed by atoms with E-state index in [1.165, 1.54) is 6.07 Å². The molecule has 0 bridgehead atoms. The van der Waals surface area contributed by atoms with Gasteiger partial charge in [0.15, 0.2) is 11.5 Å². The van der Waals surface area contributed by atoms with Gasteiger partial charge in [0.2, 0.25) is 5.91 Å². The number of rotatable bonds is 8. The first-order chi connectivity index (χ1) is 17.4. The highest BCUT2D eigenvalue weighted by molar-refractivity contribution is 5.79. The number of aliphatic hydroxyl groups is 1. The van der Waals surface area contributed by atoms with Crippen LogP contribution < -0.4 is 15.4 Å². The molecule has 1 saturated carbocycles. The van der Waals surface area contributed by atoms with Gasteiger partial charge in [-0.2, -0.15) is 0 Å². The lowest BCUT2D eigenvalue weighted by Gasteiger charge is -2.30. The van der Waals surface area contributed by atoms with Crippen LogP contribution in [0.2, 0.25) is 0 Å². The van der Waals surface area contributed by atoms with Crippen LogP contribution >= 0.6 is 0 Å². The second kappa shape index (κ2) is 12.3. The van der Waals surface area contributed by atoms with Crippen molar-refractivity contribution in [3.63, 3.8) is 0 Å². The number of ether oxygens (including phenoxy) is 2. The van der Waals surface area contributed by atoms with E-state index < -0.39 is 17.8 Å². The Bertz CT molecular complexity index is 1060. The van der Waals surface area contributed by atoms with Crippen LogP contribution in [0.15, 0.2) is 42.5 Å². The molecule has 1 fully saturated rings. The first kappa shape index (κ1) is 28.3. The quantitative estimate of drug-likeness (QED) is 0.405. The van der Waals surface area contributed by atoms with Crippen molar-refractivity contribution in [2.24, 2.45) is 0 Å². The van der Waals surface area contributed by atoms with E-state index in [1.807, 2.05) is 65.0 Å². The molecule has 1 aliphatic carbocycles. The summed E-state index contributed by atoms with van der Waals surface area (Å²) in [7, 11) is 0. The molecule has 37 heavy (non-hydrogen) atoms. The molecule has 2 amide bonds. The summed E-state index contributed by atoms with van der Waals surface area (Å²) in [5, 5.41) is 27.6. The molecule has 0 aliphatic heterocycles. The van der Waals surface area contributed by atoms with Gasteiger partial charge in [-0.25, -0.2) is 4.79 Å². The summed E-state index contributed by atoms with van der Waals surface area (Å²) in [4.78, 5) is 25.0. The van der Waals surface area contributed by atoms with Gasteiger partial charge in [-0.1, -0.05) is 30.3 Å². The normalized spacial score (nSPS) is 18.7. The minimum absolute atomic E-state index is 0.00479. The van der Waals surface area contributed by atoms with Gasteiger partial charge in [-0.3, -0.25) is 4.79 Å². The Balaban J connectivity index is 1.65. The molecule has 4 N–H and O–H groups in total. The van der Waals surface area contributed by atoms with Gasteiger partial charge in [0.25, 0.3) is 0 Å². The van der Waals surface area contributed by atoms with E-state index in [0.717, 1.165) is 25.7 Å². The number of carbonyl (C=O) groups is 2. The Labute approximate surface area is 219 Å². The Morgan fingerprint density at radius 2 is 1.59 bits per heavy atom. The summed E-state index contributed by atoms with van der Waals surface area (Å²) < 4.78 is 11.0. The van der Waals surface area contributed by atoms with E-state index in [-0.39, 0.29) is 42.0 Å². The predicted octanol–water partition coefficient (Wildman–Crippen LogP) is 4.76. The fraction of sp³-hybridized carbons (Fsp3) is 0.517. The molecule has 1 unspecified atom stereocenters. The van der Waals surface area contributed by atoms with Crippen molar-refractivity contribution in [2.75, 3.05) is 0 Å². The zero-order chi connectivity index (χ0) is 27.2. The summed E-state index contributed by atoms with van der Waals surface area (Å²) in [6.07, 6.45) is 1.39. The molecule has 1 aliphatic rings. The lowest BCUT2D eigenvalue weighted by molar-refractivity contribution is -0.121. The molecule has 2 aromatic carbocycles. The molecule has 0 radical (unpaired) electrons. The van der Waals surface area contributed by atoms with Crippen molar-refractivity contribution in [3.05, 3.63) is 59.2 Å². The van der Waals surface area contributed by atoms with E-state index in [9.17, 15) is 19.8 Å². The second-order valence-corrected chi connectivity index (χ2v) is 10.9. The van der Waals surface area contributed by atoms with Gasteiger partial charge in [0.1, 0.15) is 11.7 Å². The van der Waals surface area contributed by atoms with Crippen LogP contribution in [0.25, 0.3) is 0 Å². The van der Waals surface area contributed by atoms with E-state index in [1.54, 1.807) is 6.07 Å².